The van der Waals surface area contributed by atoms with Crippen molar-refractivity contribution in [3.8, 4) is 5.75 Å². The Balaban J connectivity index is 1.59. The molecular formula is C21H28O6. The smallest absolute Gasteiger partial charge is 0.341 e. The van der Waals surface area contributed by atoms with Crippen LogP contribution in [0.15, 0.2) is 18.2 Å². The highest BCUT2D eigenvalue weighted by molar-refractivity contribution is 5.68. The summed E-state index contributed by atoms with van der Waals surface area (Å²) < 4.78 is 5.49. The van der Waals surface area contributed by atoms with Crippen molar-refractivity contribution < 1.29 is 29.6 Å². The van der Waals surface area contributed by atoms with Crippen LogP contribution in [0.4, 0.5) is 0 Å². The van der Waals surface area contributed by atoms with E-state index >= 15 is 0 Å². The average Bonchev–Trinajstić information content (AvgIpc) is 3.03. The minimum Gasteiger partial charge on any atom is -0.482 e. The number of carbonyl (C=O) groups is 2. The van der Waals surface area contributed by atoms with Gasteiger partial charge in [0.25, 0.3) is 0 Å². The van der Waals surface area contributed by atoms with Crippen molar-refractivity contribution in [1.29, 1.82) is 0 Å². The van der Waals surface area contributed by atoms with Crippen LogP contribution in [0.5, 0.6) is 5.75 Å². The van der Waals surface area contributed by atoms with Gasteiger partial charge in [0.2, 0.25) is 0 Å². The van der Waals surface area contributed by atoms with E-state index in [0.717, 1.165) is 37.7 Å². The molecule has 0 bridgehead atoms. The van der Waals surface area contributed by atoms with Gasteiger partial charge in [-0.2, -0.15) is 0 Å². The number of carboxylic acids is 2. The van der Waals surface area contributed by atoms with Crippen molar-refractivity contribution >= 4 is 11.9 Å². The molecule has 0 aromatic heterocycles. The molecule has 1 saturated carbocycles. The van der Waals surface area contributed by atoms with E-state index in [2.05, 4.69) is 6.07 Å². The summed E-state index contributed by atoms with van der Waals surface area (Å²) >= 11 is 0. The first kappa shape index (κ1) is 19.7. The Hall–Kier alpha value is -2.08. The third kappa shape index (κ3) is 5.01. The normalized spacial score (nSPS) is 24.7. The first-order valence-electron chi connectivity index (χ1n) is 9.79. The highest BCUT2D eigenvalue weighted by atomic mass is 16.5. The summed E-state index contributed by atoms with van der Waals surface area (Å²) in [5.74, 6) is 0.586. The molecule has 1 fully saturated rings. The van der Waals surface area contributed by atoms with Gasteiger partial charge in [-0.1, -0.05) is 12.1 Å². The van der Waals surface area contributed by atoms with Crippen LogP contribution in [0.2, 0.25) is 0 Å². The van der Waals surface area contributed by atoms with Crippen LogP contribution in [-0.4, -0.2) is 40.0 Å². The largest absolute Gasteiger partial charge is 0.482 e. The lowest BCUT2D eigenvalue weighted by Crippen LogP contribution is -2.26. The van der Waals surface area contributed by atoms with Crippen molar-refractivity contribution in [2.24, 2.45) is 17.8 Å². The zero-order valence-corrected chi connectivity index (χ0v) is 15.5. The Kier molecular flexibility index (Phi) is 6.37. The molecule has 6 nitrogen and oxygen atoms in total. The van der Waals surface area contributed by atoms with E-state index in [1.807, 2.05) is 12.1 Å². The molecule has 0 radical (unpaired) electrons. The predicted octanol–water partition coefficient (Wildman–Crippen LogP) is 2.90. The van der Waals surface area contributed by atoms with E-state index in [4.69, 9.17) is 14.9 Å². The third-order valence-electron chi connectivity index (χ3n) is 6.18. The lowest BCUT2D eigenvalue weighted by molar-refractivity contribution is -0.139. The van der Waals surface area contributed by atoms with Gasteiger partial charge >= 0.3 is 11.9 Å². The fraction of sp³-hybridized carbons (Fsp3) is 0.619. The fourth-order valence-electron chi connectivity index (χ4n) is 4.85. The Morgan fingerprint density at radius 3 is 2.67 bits per heavy atom. The van der Waals surface area contributed by atoms with Gasteiger partial charge in [0.1, 0.15) is 5.75 Å². The van der Waals surface area contributed by atoms with E-state index in [-0.39, 0.29) is 13.0 Å². The first-order chi connectivity index (χ1) is 12.9. The maximum Gasteiger partial charge on any atom is 0.341 e. The second-order valence-electron chi connectivity index (χ2n) is 7.91. The Morgan fingerprint density at radius 1 is 1.11 bits per heavy atom. The number of hydrogen-bond donors (Lipinski definition) is 3. The predicted molar refractivity (Wildman–Crippen MR) is 98.8 cm³/mol. The molecule has 4 atom stereocenters. The molecule has 4 unspecified atom stereocenters. The summed E-state index contributed by atoms with van der Waals surface area (Å²) in [6.45, 7) is -0.318. The van der Waals surface area contributed by atoms with E-state index in [0.29, 0.717) is 36.3 Å². The molecule has 0 saturated heterocycles. The molecule has 0 heterocycles. The summed E-state index contributed by atoms with van der Waals surface area (Å²) in [6.07, 6.45) is 5.59. The maximum atomic E-state index is 10.8. The van der Waals surface area contributed by atoms with E-state index in [1.54, 1.807) is 0 Å². The third-order valence-corrected chi connectivity index (χ3v) is 6.18. The number of hydrogen-bond acceptors (Lipinski definition) is 4. The zero-order chi connectivity index (χ0) is 19.4. The molecule has 1 aromatic rings. The van der Waals surface area contributed by atoms with Gasteiger partial charge < -0.3 is 20.1 Å². The number of aliphatic carboxylic acids is 2. The molecule has 6 heteroatoms. The summed E-state index contributed by atoms with van der Waals surface area (Å²) in [6, 6.07) is 5.89. The average molecular weight is 376 g/mol. The molecular weight excluding hydrogens is 348 g/mol. The SMILES string of the molecule is O=C(O)CCC(O)CCC1CCC2Cc3c(cccc3OCC(=O)O)CC12. The second-order valence-corrected chi connectivity index (χ2v) is 7.91. The number of aliphatic hydroxyl groups excluding tert-OH is 1. The number of aliphatic hydroxyl groups is 1. The number of carboxylic acid groups (broad SMARTS) is 2. The van der Waals surface area contributed by atoms with E-state index in [9.17, 15) is 14.7 Å². The van der Waals surface area contributed by atoms with E-state index in [1.165, 1.54) is 5.56 Å². The maximum absolute atomic E-state index is 10.8. The van der Waals surface area contributed by atoms with Gasteiger partial charge in [0, 0.05) is 6.42 Å². The van der Waals surface area contributed by atoms with Gasteiger partial charge in [-0.3, -0.25) is 4.79 Å². The molecule has 0 aliphatic heterocycles. The van der Waals surface area contributed by atoms with Crippen LogP contribution in [0.1, 0.15) is 49.7 Å². The molecule has 3 rings (SSSR count). The van der Waals surface area contributed by atoms with E-state index < -0.39 is 18.0 Å². The Labute approximate surface area is 159 Å². The summed E-state index contributed by atoms with van der Waals surface area (Å²) in [5.41, 5.74) is 2.40. The fourth-order valence-corrected chi connectivity index (χ4v) is 4.85. The quantitative estimate of drug-likeness (QED) is 0.612. The lowest BCUT2D eigenvalue weighted by atomic mass is 9.73. The number of benzene rings is 1. The molecule has 27 heavy (non-hydrogen) atoms. The zero-order valence-electron chi connectivity index (χ0n) is 15.5. The summed E-state index contributed by atoms with van der Waals surface area (Å²) in [4.78, 5) is 21.4. The first-order valence-corrected chi connectivity index (χ1v) is 9.79. The topological polar surface area (TPSA) is 104 Å². The molecule has 148 valence electrons. The molecule has 2 aliphatic rings. The van der Waals surface area contributed by atoms with Crippen LogP contribution < -0.4 is 4.74 Å². The number of ether oxygens (including phenoxy) is 1. The highest BCUT2D eigenvalue weighted by Crippen LogP contribution is 2.48. The molecule has 2 aliphatic carbocycles. The van der Waals surface area contributed by atoms with Crippen molar-refractivity contribution in [3.05, 3.63) is 29.3 Å². The van der Waals surface area contributed by atoms with Gasteiger partial charge in [0.05, 0.1) is 6.10 Å². The van der Waals surface area contributed by atoms with Crippen LogP contribution in [0.3, 0.4) is 0 Å². The summed E-state index contributed by atoms with van der Waals surface area (Å²) in [5, 5.41) is 27.6. The Morgan fingerprint density at radius 2 is 1.93 bits per heavy atom. The molecule has 0 spiro atoms. The summed E-state index contributed by atoms with van der Waals surface area (Å²) in [7, 11) is 0. The van der Waals surface area contributed by atoms with Gasteiger partial charge in [-0.15, -0.1) is 0 Å². The van der Waals surface area contributed by atoms with Gasteiger partial charge in [-0.05, 0) is 79.9 Å². The lowest BCUT2D eigenvalue weighted by Gasteiger charge is -2.32. The number of fused-ring (bicyclic) bond motifs is 2. The van der Waals surface area contributed by atoms with Gasteiger partial charge in [0.15, 0.2) is 6.61 Å². The van der Waals surface area contributed by atoms with Crippen molar-refractivity contribution in [2.45, 2.75) is 57.5 Å². The van der Waals surface area contributed by atoms with Crippen molar-refractivity contribution in [1.82, 2.24) is 0 Å². The second kappa shape index (κ2) is 8.74. The van der Waals surface area contributed by atoms with Crippen molar-refractivity contribution in [3.63, 3.8) is 0 Å². The van der Waals surface area contributed by atoms with Crippen LogP contribution in [0, 0.1) is 17.8 Å². The van der Waals surface area contributed by atoms with Crippen LogP contribution >= 0.6 is 0 Å². The van der Waals surface area contributed by atoms with Crippen LogP contribution in [-0.2, 0) is 22.4 Å². The minimum absolute atomic E-state index is 0.0182. The van der Waals surface area contributed by atoms with Gasteiger partial charge in [-0.25, -0.2) is 4.79 Å². The highest BCUT2D eigenvalue weighted by Gasteiger charge is 2.39. The number of rotatable bonds is 9. The Bertz CT molecular complexity index is 685. The van der Waals surface area contributed by atoms with Crippen LogP contribution in [0.25, 0.3) is 0 Å². The van der Waals surface area contributed by atoms with Crippen molar-refractivity contribution in [2.75, 3.05) is 6.61 Å². The molecule has 3 N–H and O–H groups in total. The standard InChI is InChI=1S/C21H28O6/c22-16(8-9-20(23)24)7-6-13-4-5-15-11-18-14(10-17(13)15)2-1-3-19(18)27-12-21(25)26/h1-3,13,15-17,22H,4-12H2,(H,23,24)(H,25,26). The minimum atomic E-state index is -0.969. The molecule has 0 amide bonds. The monoisotopic (exact) mass is 376 g/mol. The molecule has 1 aromatic carbocycles.